The molecule has 0 radical (unpaired) electrons. The van der Waals surface area contributed by atoms with E-state index in [4.69, 9.17) is 5.73 Å². The first-order chi connectivity index (χ1) is 9.54. The molecule has 0 bridgehead atoms. The third-order valence-corrected chi connectivity index (χ3v) is 3.89. The first kappa shape index (κ1) is 15.3. The van der Waals surface area contributed by atoms with Crippen molar-refractivity contribution in [3.63, 3.8) is 0 Å². The standard InChI is InChI=1S/C18H22BrN/c1-13(2)10-14-6-8-16(9-7-14)18(20)12-15-4-3-5-17(19)11-15/h3-9,11,13,18H,10,12,20H2,1-2H3. The molecule has 20 heavy (non-hydrogen) atoms. The maximum Gasteiger partial charge on any atom is 0.0335 e. The van der Waals surface area contributed by atoms with E-state index in [1.807, 2.05) is 6.07 Å². The Labute approximate surface area is 130 Å². The van der Waals surface area contributed by atoms with E-state index in [9.17, 15) is 0 Å². The molecule has 2 aromatic carbocycles. The molecular formula is C18H22BrN. The summed E-state index contributed by atoms with van der Waals surface area (Å²) in [7, 11) is 0. The minimum atomic E-state index is 0.0531. The summed E-state index contributed by atoms with van der Waals surface area (Å²) in [5, 5.41) is 0. The summed E-state index contributed by atoms with van der Waals surface area (Å²) in [6, 6.07) is 17.1. The smallest absolute Gasteiger partial charge is 0.0335 e. The fourth-order valence-electron chi connectivity index (χ4n) is 2.41. The van der Waals surface area contributed by atoms with Gasteiger partial charge in [-0.2, -0.15) is 0 Å². The molecule has 0 aliphatic heterocycles. The van der Waals surface area contributed by atoms with Crippen LogP contribution in [0.2, 0.25) is 0 Å². The molecule has 0 fully saturated rings. The fraction of sp³-hybridized carbons (Fsp3) is 0.333. The van der Waals surface area contributed by atoms with Gasteiger partial charge in [0, 0.05) is 10.5 Å². The molecule has 2 aromatic rings. The summed E-state index contributed by atoms with van der Waals surface area (Å²) < 4.78 is 1.11. The maximum absolute atomic E-state index is 6.31. The number of hydrogen-bond donors (Lipinski definition) is 1. The van der Waals surface area contributed by atoms with Gasteiger partial charge in [0.05, 0.1) is 0 Å². The van der Waals surface area contributed by atoms with Gasteiger partial charge in [0.15, 0.2) is 0 Å². The average Bonchev–Trinajstić information content (AvgIpc) is 2.38. The van der Waals surface area contributed by atoms with Crippen molar-refractivity contribution in [2.45, 2.75) is 32.7 Å². The van der Waals surface area contributed by atoms with Crippen LogP contribution in [0.5, 0.6) is 0 Å². The van der Waals surface area contributed by atoms with E-state index in [1.165, 1.54) is 16.7 Å². The van der Waals surface area contributed by atoms with Crippen LogP contribution in [0.1, 0.15) is 36.6 Å². The van der Waals surface area contributed by atoms with Gasteiger partial charge < -0.3 is 5.73 Å². The van der Waals surface area contributed by atoms with Gasteiger partial charge in [0.2, 0.25) is 0 Å². The van der Waals surface area contributed by atoms with E-state index < -0.39 is 0 Å². The first-order valence-electron chi connectivity index (χ1n) is 7.13. The summed E-state index contributed by atoms with van der Waals surface area (Å²) in [5.74, 6) is 0.691. The van der Waals surface area contributed by atoms with Gasteiger partial charge in [-0.3, -0.25) is 0 Å². The Morgan fingerprint density at radius 3 is 2.25 bits per heavy atom. The van der Waals surface area contributed by atoms with Crippen LogP contribution in [0.15, 0.2) is 53.0 Å². The van der Waals surface area contributed by atoms with Crippen molar-refractivity contribution in [1.29, 1.82) is 0 Å². The molecule has 0 saturated heterocycles. The molecule has 0 aliphatic rings. The highest BCUT2D eigenvalue weighted by molar-refractivity contribution is 9.10. The SMILES string of the molecule is CC(C)Cc1ccc(C(N)Cc2cccc(Br)c2)cc1. The Morgan fingerprint density at radius 2 is 1.65 bits per heavy atom. The minimum Gasteiger partial charge on any atom is -0.324 e. The number of nitrogens with two attached hydrogens (primary N) is 1. The molecular weight excluding hydrogens is 310 g/mol. The van der Waals surface area contributed by atoms with Crippen molar-refractivity contribution < 1.29 is 0 Å². The van der Waals surface area contributed by atoms with E-state index >= 15 is 0 Å². The number of hydrogen-bond acceptors (Lipinski definition) is 1. The Hall–Kier alpha value is -1.12. The quantitative estimate of drug-likeness (QED) is 0.829. The molecule has 0 amide bonds. The molecule has 0 aromatic heterocycles. The zero-order chi connectivity index (χ0) is 14.5. The van der Waals surface area contributed by atoms with Gasteiger partial charge >= 0.3 is 0 Å². The van der Waals surface area contributed by atoms with Crippen molar-refractivity contribution in [3.8, 4) is 0 Å². The van der Waals surface area contributed by atoms with Gasteiger partial charge in [-0.05, 0) is 47.6 Å². The van der Waals surface area contributed by atoms with Crippen LogP contribution in [0.25, 0.3) is 0 Å². The van der Waals surface area contributed by atoms with Gasteiger partial charge in [-0.1, -0.05) is 66.2 Å². The lowest BCUT2D eigenvalue weighted by Gasteiger charge is -2.13. The largest absolute Gasteiger partial charge is 0.324 e. The summed E-state index contributed by atoms with van der Waals surface area (Å²) in [6.45, 7) is 4.49. The predicted octanol–water partition coefficient (Wildman–Crippen LogP) is 4.89. The van der Waals surface area contributed by atoms with Crippen LogP contribution < -0.4 is 5.73 Å². The molecule has 1 nitrogen and oxygen atoms in total. The zero-order valence-corrected chi connectivity index (χ0v) is 13.7. The summed E-state index contributed by atoms with van der Waals surface area (Å²) in [5.41, 5.74) is 10.2. The highest BCUT2D eigenvalue weighted by atomic mass is 79.9. The van der Waals surface area contributed by atoms with Crippen LogP contribution in [0.4, 0.5) is 0 Å². The van der Waals surface area contributed by atoms with E-state index in [2.05, 4.69) is 72.2 Å². The maximum atomic E-state index is 6.31. The monoisotopic (exact) mass is 331 g/mol. The second-order valence-corrected chi connectivity index (χ2v) is 6.70. The molecule has 0 saturated carbocycles. The van der Waals surface area contributed by atoms with Crippen molar-refractivity contribution in [2.75, 3.05) is 0 Å². The lowest BCUT2D eigenvalue weighted by atomic mass is 9.96. The second kappa shape index (κ2) is 7.05. The lowest BCUT2D eigenvalue weighted by molar-refractivity contribution is 0.646. The summed E-state index contributed by atoms with van der Waals surface area (Å²) >= 11 is 3.50. The summed E-state index contributed by atoms with van der Waals surface area (Å²) in [4.78, 5) is 0. The van der Waals surface area contributed by atoms with Crippen molar-refractivity contribution in [1.82, 2.24) is 0 Å². The van der Waals surface area contributed by atoms with Crippen LogP contribution >= 0.6 is 15.9 Å². The first-order valence-corrected chi connectivity index (χ1v) is 7.93. The fourth-order valence-corrected chi connectivity index (χ4v) is 2.85. The molecule has 106 valence electrons. The van der Waals surface area contributed by atoms with Gasteiger partial charge in [0.1, 0.15) is 0 Å². The van der Waals surface area contributed by atoms with Gasteiger partial charge in [-0.25, -0.2) is 0 Å². The lowest BCUT2D eigenvalue weighted by Crippen LogP contribution is -2.13. The third-order valence-electron chi connectivity index (χ3n) is 3.40. The minimum absolute atomic E-state index is 0.0531. The Balaban J connectivity index is 2.03. The van der Waals surface area contributed by atoms with Gasteiger partial charge in [-0.15, -0.1) is 0 Å². The molecule has 2 heteroatoms. The molecule has 2 N–H and O–H groups in total. The normalized spacial score (nSPS) is 12.7. The van der Waals surface area contributed by atoms with Crippen molar-refractivity contribution >= 4 is 15.9 Å². The van der Waals surface area contributed by atoms with E-state index in [-0.39, 0.29) is 6.04 Å². The topological polar surface area (TPSA) is 26.0 Å². The molecule has 0 aliphatic carbocycles. The summed E-state index contributed by atoms with van der Waals surface area (Å²) in [6.07, 6.45) is 1.99. The van der Waals surface area contributed by atoms with Crippen LogP contribution in [-0.4, -0.2) is 0 Å². The zero-order valence-electron chi connectivity index (χ0n) is 12.1. The molecule has 0 spiro atoms. The molecule has 2 rings (SSSR count). The van der Waals surface area contributed by atoms with E-state index in [0.29, 0.717) is 5.92 Å². The van der Waals surface area contributed by atoms with Crippen LogP contribution in [0.3, 0.4) is 0 Å². The number of halogens is 1. The highest BCUT2D eigenvalue weighted by Crippen LogP contribution is 2.20. The van der Waals surface area contributed by atoms with Crippen molar-refractivity contribution in [2.24, 2.45) is 11.7 Å². The van der Waals surface area contributed by atoms with Crippen LogP contribution in [0, 0.1) is 5.92 Å². The molecule has 1 unspecified atom stereocenters. The Kier molecular flexibility index (Phi) is 5.38. The van der Waals surface area contributed by atoms with E-state index in [0.717, 1.165) is 17.3 Å². The Morgan fingerprint density at radius 1 is 0.950 bits per heavy atom. The predicted molar refractivity (Wildman–Crippen MR) is 89.8 cm³/mol. The van der Waals surface area contributed by atoms with E-state index in [1.54, 1.807) is 0 Å². The molecule has 0 heterocycles. The number of benzene rings is 2. The third kappa shape index (κ3) is 4.46. The number of rotatable bonds is 5. The van der Waals surface area contributed by atoms with Gasteiger partial charge in [0.25, 0.3) is 0 Å². The van der Waals surface area contributed by atoms with Crippen molar-refractivity contribution in [3.05, 3.63) is 69.7 Å². The van der Waals surface area contributed by atoms with Crippen LogP contribution in [-0.2, 0) is 12.8 Å². The average molecular weight is 332 g/mol. The second-order valence-electron chi connectivity index (χ2n) is 5.78. The molecule has 1 atom stereocenters. The highest BCUT2D eigenvalue weighted by Gasteiger charge is 2.08. The Bertz CT molecular complexity index is 546.